The molecule has 1 unspecified atom stereocenters. The van der Waals surface area contributed by atoms with E-state index >= 15 is 0 Å². The molecule has 12 nitrogen and oxygen atoms in total. The molecule has 0 spiro atoms. The minimum atomic E-state index is -1.19. The highest BCUT2D eigenvalue weighted by atomic mass is 79.9. The number of hydrogen-bond acceptors (Lipinski definition) is 8. The molecule has 2 atom stereocenters. The maximum absolute atomic E-state index is 13.1. The summed E-state index contributed by atoms with van der Waals surface area (Å²) in [5.74, 6) is 1.31. The van der Waals surface area contributed by atoms with E-state index in [2.05, 4.69) is 31.2 Å². The standard InChI is InChI=1S/C25H30BrN7O5S/c1-13(2)19(30-25(35)36)23(34)32-6-3-4-14(10-32)5-7-33-11-28-21(27)20-22(33)31-24(29-20)39-18-9-17-16(8-15(18)26)37-12-38-17/h8-9,11,13-14,19,27,30H,3-7,10,12H2,1-2H3,(H,29,31)(H,35,36)/t14?,19-/m0/s1. The van der Waals surface area contributed by atoms with E-state index in [1.54, 1.807) is 11.2 Å². The third-order valence-electron chi connectivity index (χ3n) is 6.95. The number of benzene rings is 1. The molecule has 4 N–H and O–H groups in total. The summed E-state index contributed by atoms with van der Waals surface area (Å²) in [4.78, 5) is 39.2. The summed E-state index contributed by atoms with van der Waals surface area (Å²) in [6.45, 7) is 5.70. The number of aryl methyl sites for hydroxylation is 1. The third-order valence-corrected chi connectivity index (χ3v) is 8.82. The molecule has 39 heavy (non-hydrogen) atoms. The number of nitrogens with one attached hydrogen (secondary N) is 3. The molecule has 1 aromatic carbocycles. The van der Waals surface area contributed by atoms with Crippen LogP contribution in [0.2, 0.25) is 0 Å². The summed E-state index contributed by atoms with van der Waals surface area (Å²) in [5, 5.41) is 20.4. The number of rotatable bonds is 8. The van der Waals surface area contributed by atoms with Gasteiger partial charge in [-0.25, -0.2) is 14.8 Å². The number of piperidine rings is 1. The molecule has 2 aromatic heterocycles. The first kappa shape index (κ1) is 27.3. The van der Waals surface area contributed by atoms with Crippen LogP contribution in [-0.4, -0.2) is 67.5 Å². The van der Waals surface area contributed by atoms with Crippen molar-refractivity contribution in [2.24, 2.45) is 11.8 Å². The van der Waals surface area contributed by atoms with Gasteiger partial charge in [0.1, 0.15) is 11.6 Å². The van der Waals surface area contributed by atoms with Crippen molar-refractivity contribution in [3.8, 4) is 11.5 Å². The number of carbonyl (C=O) groups is 2. The van der Waals surface area contributed by atoms with Crippen molar-refractivity contribution in [2.75, 3.05) is 19.9 Å². The van der Waals surface area contributed by atoms with Gasteiger partial charge in [0.15, 0.2) is 27.8 Å². The number of ether oxygens (including phenoxy) is 2. The van der Waals surface area contributed by atoms with Crippen molar-refractivity contribution in [3.63, 3.8) is 0 Å². The Morgan fingerprint density at radius 1 is 1.33 bits per heavy atom. The lowest BCUT2D eigenvalue weighted by atomic mass is 9.93. The molecule has 0 bridgehead atoms. The van der Waals surface area contributed by atoms with E-state index in [1.807, 2.05) is 30.5 Å². The lowest BCUT2D eigenvalue weighted by Gasteiger charge is -2.36. The first-order chi connectivity index (χ1) is 18.7. The number of aromatic amines is 1. The predicted octanol–water partition coefficient (Wildman–Crippen LogP) is 3.80. The van der Waals surface area contributed by atoms with Crippen LogP contribution in [0, 0.1) is 17.2 Å². The van der Waals surface area contributed by atoms with Crippen LogP contribution in [0.3, 0.4) is 0 Å². The van der Waals surface area contributed by atoms with Crippen molar-refractivity contribution < 1.29 is 24.2 Å². The Balaban J connectivity index is 1.28. The largest absolute Gasteiger partial charge is 0.465 e. The van der Waals surface area contributed by atoms with Crippen molar-refractivity contribution >= 4 is 50.9 Å². The monoisotopic (exact) mass is 619 g/mol. The number of amides is 2. The summed E-state index contributed by atoms with van der Waals surface area (Å²) in [6, 6.07) is 3.00. The Bertz CT molecular complexity index is 1460. The molecule has 208 valence electrons. The number of likely N-dealkylation sites (tertiary alicyclic amines) is 1. The van der Waals surface area contributed by atoms with Gasteiger partial charge < -0.3 is 34.3 Å². The molecule has 2 aliphatic heterocycles. The van der Waals surface area contributed by atoms with Crippen LogP contribution in [0.15, 0.2) is 33.0 Å². The fourth-order valence-corrected chi connectivity index (χ4v) is 6.30. The number of nitrogens with zero attached hydrogens (tertiary/aromatic N) is 4. The fraction of sp³-hybridized carbons (Fsp3) is 0.480. The molecular formula is C25H30BrN7O5S. The molecule has 2 amide bonds. The summed E-state index contributed by atoms with van der Waals surface area (Å²) in [6.07, 6.45) is 3.09. The molecule has 5 rings (SSSR count). The molecule has 1 saturated heterocycles. The van der Waals surface area contributed by atoms with Gasteiger partial charge in [0.2, 0.25) is 12.7 Å². The SMILES string of the molecule is CC(C)[C@H](NC(=O)O)C(=O)N1CCCC(CCn2cnc(=N)c3[nH]c(Sc4cc5c(cc4Br)OCO5)nc32)C1. The zero-order valence-electron chi connectivity index (χ0n) is 21.6. The summed E-state index contributed by atoms with van der Waals surface area (Å²) in [5.41, 5.74) is 1.31. The van der Waals surface area contributed by atoms with Gasteiger partial charge in [0, 0.05) is 29.0 Å². The van der Waals surface area contributed by atoms with Gasteiger partial charge in [-0.3, -0.25) is 10.2 Å². The van der Waals surface area contributed by atoms with Crippen LogP contribution < -0.4 is 20.3 Å². The Kier molecular flexibility index (Phi) is 8.03. The Hall–Kier alpha value is -3.26. The van der Waals surface area contributed by atoms with Crippen LogP contribution in [0.5, 0.6) is 11.5 Å². The maximum atomic E-state index is 13.1. The lowest BCUT2D eigenvalue weighted by Crippen LogP contribution is -2.53. The molecule has 14 heteroatoms. The molecular weight excluding hydrogens is 590 g/mol. The first-order valence-electron chi connectivity index (χ1n) is 12.7. The van der Waals surface area contributed by atoms with Gasteiger partial charge in [-0.05, 0) is 59.2 Å². The number of hydrogen-bond donors (Lipinski definition) is 4. The number of halogens is 1. The van der Waals surface area contributed by atoms with Crippen LogP contribution >= 0.6 is 27.7 Å². The van der Waals surface area contributed by atoms with Gasteiger partial charge in [0.05, 0.1) is 6.33 Å². The zero-order valence-corrected chi connectivity index (χ0v) is 24.0. The van der Waals surface area contributed by atoms with Gasteiger partial charge in [-0.1, -0.05) is 25.6 Å². The fourth-order valence-electron chi connectivity index (χ4n) is 4.92. The van der Waals surface area contributed by atoms with Crippen molar-refractivity contribution in [1.29, 1.82) is 5.41 Å². The molecule has 0 saturated carbocycles. The lowest BCUT2D eigenvalue weighted by molar-refractivity contribution is -0.136. The van der Waals surface area contributed by atoms with E-state index in [-0.39, 0.29) is 30.0 Å². The summed E-state index contributed by atoms with van der Waals surface area (Å²) in [7, 11) is 0. The van der Waals surface area contributed by atoms with E-state index in [0.29, 0.717) is 47.5 Å². The number of aromatic nitrogens is 4. The van der Waals surface area contributed by atoms with E-state index < -0.39 is 12.1 Å². The number of fused-ring (bicyclic) bond motifs is 2. The van der Waals surface area contributed by atoms with Gasteiger partial charge in [-0.2, -0.15) is 0 Å². The minimum Gasteiger partial charge on any atom is -0.465 e. The predicted molar refractivity (Wildman–Crippen MR) is 146 cm³/mol. The second-order valence-electron chi connectivity index (χ2n) is 10.0. The van der Waals surface area contributed by atoms with Crippen LogP contribution in [-0.2, 0) is 11.3 Å². The van der Waals surface area contributed by atoms with Crippen molar-refractivity contribution in [1.82, 2.24) is 29.7 Å². The van der Waals surface area contributed by atoms with Gasteiger partial charge in [-0.15, -0.1) is 0 Å². The Labute approximate surface area is 237 Å². The second kappa shape index (κ2) is 11.5. The van der Waals surface area contributed by atoms with Gasteiger partial charge >= 0.3 is 6.09 Å². The first-order valence-corrected chi connectivity index (χ1v) is 14.4. The number of carboxylic acid groups (broad SMARTS) is 1. The summed E-state index contributed by atoms with van der Waals surface area (Å²) >= 11 is 5.00. The van der Waals surface area contributed by atoms with Crippen molar-refractivity contribution in [3.05, 3.63) is 28.4 Å². The van der Waals surface area contributed by atoms with Gasteiger partial charge in [0.25, 0.3) is 0 Å². The molecule has 0 aliphatic carbocycles. The van der Waals surface area contributed by atoms with E-state index in [0.717, 1.165) is 28.6 Å². The molecule has 4 heterocycles. The molecule has 3 aromatic rings. The third kappa shape index (κ3) is 6.01. The number of carbonyl (C=O) groups excluding carboxylic acids is 1. The Morgan fingerprint density at radius 2 is 2.10 bits per heavy atom. The summed E-state index contributed by atoms with van der Waals surface area (Å²) < 4.78 is 13.7. The number of imidazole rings is 1. The molecule has 2 aliphatic rings. The second-order valence-corrected chi connectivity index (χ2v) is 11.9. The van der Waals surface area contributed by atoms with E-state index in [9.17, 15) is 9.59 Å². The topological polar surface area (TPSA) is 158 Å². The highest BCUT2D eigenvalue weighted by molar-refractivity contribution is 9.10. The maximum Gasteiger partial charge on any atom is 0.405 e. The quantitative estimate of drug-likeness (QED) is 0.296. The smallest absolute Gasteiger partial charge is 0.405 e. The normalized spacial score (nSPS) is 17.5. The highest BCUT2D eigenvalue weighted by Gasteiger charge is 2.31. The zero-order chi connectivity index (χ0) is 27.7. The van der Waals surface area contributed by atoms with Crippen LogP contribution in [0.4, 0.5) is 4.79 Å². The minimum absolute atomic E-state index is 0.116. The van der Waals surface area contributed by atoms with E-state index in [1.165, 1.54) is 11.8 Å². The Morgan fingerprint density at radius 3 is 2.85 bits per heavy atom. The van der Waals surface area contributed by atoms with Crippen molar-refractivity contribution in [2.45, 2.75) is 55.7 Å². The highest BCUT2D eigenvalue weighted by Crippen LogP contribution is 2.42. The number of H-pyrrole nitrogens is 1. The van der Waals surface area contributed by atoms with E-state index in [4.69, 9.17) is 25.0 Å². The average molecular weight is 621 g/mol. The molecule has 0 radical (unpaired) electrons. The molecule has 1 fully saturated rings. The van der Waals surface area contributed by atoms with Crippen LogP contribution in [0.25, 0.3) is 11.2 Å². The van der Waals surface area contributed by atoms with Crippen LogP contribution in [0.1, 0.15) is 33.1 Å². The average Bonchev–Trinajstić information content (AvgIpc) is 3.54.